The maximum Gasteiger partial charge on any atom is 0.234 e. The molecule has 0 spiro atoms. The largest absolute Gasteiger partial charge is 0.481 e. The molecule has 1 heterocycles. The summed E-state index contributed by atoms with van der Waals surface area (Å²) in [4.78, 5) is 12.3. The summed E-state index contributed by atoms with van der Waals surface area (Å²) in [6.07, 6.45) is -0.372. The van der Waals surface area contributed by atoms with Crippen LogP contribution < -0.4 is 10.1 Å². The van der Waals surface area contributed by atoms with E-state index in [9.17, 15) is 4.79 Å². The molecule has 0 bridgehead atoms. The van der Waals surface area contributed by atoms with Gasteiger partial charge in [-0.3, -0.25) is 4.79 Å². The molecule has 164 valence electrons. The third-order valence-corrected chi connectivity index (χ3v) is 6.01. The predicted octanol–water partition coefficient (Wildman–Crippen LogP) is 6.44. The number of carbonyl (C=O) groups is 1. The summed E-state index contributed by atoms with van der Waals surface area (Å²) >= 11 is 19.5. The third kappa shape index (κ3) is 6.29. The van der Waals surface area contributed by atoms with Crippen LogP contribution >= 0.6 is 46.6 Å². The van der Waals surface area contributed by atoms with E-state index in [0.29, 0.717) is 44.0 Å². The number of hydrogen-bond acceptors (Lipinski definition) is 5. The minimum Gasteiger partial charge on any atom is -0.481 e. The van der Waals surface area contributed by atoms with Gasteiger partial charge in [0, 0.05) is 22.3 Å². The van der Waals surface area contributed by atoms with Gasteiger partial charge in [-0.1, -0.05) is 52.6 Å². The van der Waals surface area contributed by atoms with E-state index < -0.39 is 0 Å². The Labute approximate surface area is 200 Å². The molecular formula is C21H21Cl3N4O2S. The standard InChI is InChI=1S/C21H21Cl3N4O2S/c1-4-28-20(13(3)30-18-7-12(2)5-6-17(18)24)26-27-21(28)31-11-19(29)25-16-9-14(22)8-15(23)10-16/h5-10,13H,4,11H2,1-3H3,(H,25,29). The van der Waals surface area contributed by atoms with E-state index in [1.54, 1.807) is 24.3 Å². The lowest BCUT2D eigenvalue weighted by atomic mass is 10.2. The molecule has 1 atom stereocenters. The van der Waals surface area contributed by atoms with Crippen LogP contribution in [0.15, 0.2) is 41.6 Å². The van der Waals surface area contributed by atoms with Gasteiger partial charge in [-0.15, -0.1) is 10.2 Å². The quantitative estimate of drug-likeness (QED) is 0.361. The molecule has 31 heavy (non-hydrogen) atoms. The maximum atomic E-state index is 12.3. The molecule has 0 aliphatic heterocycles. The van der Waals surface area contributed by atoms with Crippen LogP contribution in [0.25, 0.3) is 0 Å². The number of benzene rings is 2. The molecular weight excluding hydrogens is 479 g/mol. The molecule has 3 aromatic rings. The lowest BCUT2D eigenvalue weighted by molar-refractivity contribution is -0.113. The molecule has 1 N–H and O–H groups in total. The number of aromatic nitrogens is 3. The van der Waals surface area contributed by atoms with Crippen LogP contribution in [-0.2, 0) is 11.3 Å². The maximum absolute atomic E-state index is 12.3. The number of ether oxygens (including phenoxy) is 1. The Morgan fingerprint density at radius 1 is 1.16 bits per heavy atom. The second-order valence-electron chi connectivity index (χ2n) is 6.77. The number of nitrogens with zero attached hydrogens (tertiary/aromatic N) is 3. The molecule has 0 aliphatic carbocycles. The smallest absolute Gasteiger partial charge is 0.234 e. The van der Waals surface area contributed by atoms with Gasteiger partial charge in [-0.05, 0) is 56.7 Å². The number of hydrogen-bond donors (Lipinski definition) is 1. The zero-order valence-electron chi connectivity index (χ0n) is 17.2. The van der Waals surface area contributed by atoms with Crippen molar-refractivity contribution in [3.63, 3.8) is 0 Å². The molecule has 1 unspecified atom stereocenters. The van der Waals surface area contributed by atoms with E-state index in [1.165, 1.54) is 11.8 Å². The van der Waals surface area contributed by atoms with Crippen molar-refractivity contribution in [2.75, 3.05) is 11.1 Å². The van der Waals surface area contributed by atoms with E-state index in [4.69, 9.17) is 39.5 Å². The average Bonchev–Trinajstić information content (AvgIpc) is 3.11. The van der Waals surface area contributed by atoms with Gasteiger partial charge in [-0.2, -0.15) is 0 Å². The van der Waals surface area contributed by atoms with Crippen molar-refractivity contribution in [3.8, 4) is 5.75 Å². The Morgan fingerprint density at radius 2 is 1.87 bits per heavy atom. The van der Waals surface area contributed by atoms with Crippen LogP contribution in [0, 0.1) is 6.92 Å². The summed E-state index contributed by atoms with van der Waals surface area (Å²) < 4.78 is 7.95. The average molecular weight is 500 g/mol. The number of halogens is 3. The van der Waals surface area contributed by atoms with Gasteiger partial charge >= 0.3 is 0 Å². The summed E-state index contributed by atoms with van der Waals surface area (Å²) in [6, 6.07) is 10.5. The van der Waals surface area contributed by atoms with E-state index in [0.717, 1.165) is 5.56 Å². The van der Waals surface area contributed by atoms with Crippen molar-refractivity contribution >= 4 is 58.2 Å². The number of rotatable bonds is 8. The number of thioether (sulfide) groups is 1. The normalized spacial score (nSPS) is 11.9. The molecule has 10 heteroatoms. The zero-order chi connectivity index (χ0) is 22.5. The lowest BCUT2D eigenvalue weighted by Crippen LogP contribution is -2.15. The monoisotopic (exact) mass is 498 g/mol. The van der Waals surface area contributed by atoms with E-state index in [-0.39, 0.29) is 17.8 Å². The van der Waals surface area contributed by atoms with Crippen molar-refractivity contribution in [2.24, 2.45) is 0 Å². The molecule has 1 amide bonds. The molecule has 6 nitrogen and oxygen atoms in total. The Balaban J connectivity index is 1.66. The van der Waals surface area contributed by atoms with Crippen molar-refractivity contribution in [1.29, 1.82) is 0 Å². The first-order valence-corrected chi connectivity index (χ1v) is 11.6. The van der Waals surface area contributed by atoms with Gasteiger partial charge in [0.25, 0.3) is 0 Å². The third-order valence-electron chi connectivity index (χ3n) is 4.29. The first-order chi connectivity index (χ1) is 14.8. The molecule has 0 saturated carbocycles. The number of nitrogens with one attached hydrogen (secondary N) is 1. The number of carbonyl (C=O) groups excluding carboxylic acids is 1. The van der Waals surface area contributed by atoms with Gasteiger partial charge in [0.1, 0.15) is 5.75 Å². The lowest BCUT2D eigenvalue weighted by Gasteiger charge is -2.16. The number of anilines is 1. The SMILES string of the molecule is CCn1c(SCC(=O)Nc2cc(Cl)cc(Cl)c2)nnc1C(C)Oc1cc(C)ccc1Cl. The summed E-state index contributed by atoms with van der Waals surface area (Å²) in [6.45, 7) is 6.47. The molecule has 1 aromatic heterocycles. The summed E-state index contributed by atoms with van der Waals surface area (Å²) in [5.74, 6) is 1.20. The first kappa shape index (κ1) is 23.7. The Bertz CT molecular complexity index is 1070. The fraction of sp³-hybridized carbons (Fsp3) is 0.286. The van der Waals surface area contributed by atoms with E-state index in [2.05, 4.69) is 15.5 Å². The highest BCUT2D eigenvalue weighted by Gasteiger charge is 2.20. The van der Waals surface area contributed by atoms with Crippen LogP contribution in [0.3, 0.4) is 0 Å². The van der Waals surface area contributed by atoms with Gasteiger partial charge in [-0.25, -0.2) is 0 Å². The summed E-state index contributed by atoms with van der Waals surface area (Å²) in [5, 5.41) is 13.4. The fourth-order valence-corrected chi connectivity index (χ4v) is 4.40. The summed E-state index contributed by atoms with van der Waals surface area (Å²) in [5.41, 5.74) is 1.59. The highest BCUT2D eigenvalue weighted by molar-refractivity contribution is 7.99. The minimum atomic E-state index is -0.372. The second kappa shape index (κ2) is 10.6. The van der Waals surface area contributed by atoms with Gasteiger partial charge in [0.05, 0.1) is 10.8 Å². The molecule has 0 fully saturated rings. The minimum absolute atomic E-state index is 0.154. The van der Waals surface area contributed by atoms with Crippen LogP contribution in [0.4, 0.5) is 5.69 Å². The second-order valence-corrected chi connectivity index (χ2v) is 9.00. The Morgan fingerprint density at radius 3 is 2.55 bits per heavy atom. The van der Waals surface area contributed by atoms with Crippen molar-refractivity contribution < 1.29 is 9.53 Å². The van der Waals surface area contributed by atoms with Gasteiger partial charge in [0.2, 0.25) is 5.91 Å². The van der Waals surface area contributed by atoms with Crippen molar-refractivity contribution in [1.82, 2.24) is 14.8 Å². The van der Waals surface area contributed by atoms with Crippen LogP contribution in [0.1, 0.15) is 31.3 Å². The highest BCUT2D eigenvalue weighted by atomic mass is 35.5. The van der Waals surface area contributed by atoms with E-state index in [1.807, 2.05) is 37.5 Å². The van der Waals surface area contributed by atoms with Gasteiger partial charge < -0.3 is 14.6 Å². The Kier molecular flexibility index (Phi) is 8.11. The topological polar surface area (TPSA) is 69.0 Å². The molecule has 2 aromatic carbocycles. The highest BCUT2D eigenvalue weighted by Crippen LogP contribution is 2.30. The zero-order valence-corrected chi connectivity index (χ0v) is 20.2. The number of aryl methyl sites for hydroxylation is 1. The molecule has 0 saturated heterocycles. The van der Waals surface area contributed by atoms with Crippen LogP contribution in [0.2, 0.25) is 15.1 Å². The molecule has 0 radical (unpaired) electrons. The van der Waals surface area contributed by atoms with Crippen LogP contribution in [-0.4, -0.2) is 26.4 Å². The van der Waals surface area contributed by atoms with Crippen molar-refractivity contribution in [3.05, 3.63) is 62.9 Å². The summed E-state index contributed by atoms with van der Waals surface area (Å²) in [7, 11) is 0. The first-order valence-electron chi connectivity index (χ1n) is 9.51. The predicted molar refractivity (Wildman–Crippen MR) is 127 cm³/mol. The Hall–Kier alpha value is -1.93. The molecule has 3 rings (SSSR count). The number of amides is 1. The molecule has 0 aliphatic rings. The van der Waals surface area contributed by atoms with Crippen molar-refractivity contribution in [2.45, 2.75) is 38.6 Å². The van der Waals surface area contributed by atoms with Crippen LogP contribution in [0.5, 0.6) is 5.75 Å². The van der Waals surface area contributed by atoms with Gasteiger partial charge in [0.15, 0.2) is 17.1 Å². The van der Waals surface area contributed by atoms with E-state index >= 15 is 0 Å². The fourth-order valence-electron chi connectivity index (χ4n) is 2.90.